The summed E-state index contributed by atoms with van der Waals surface area (Å²) in [5.74, 6) is 1.14. The number of hydrogen-bond donors (Lipinski definition) is 1. The number of methoxy groups -OCH3 is 1. The van der Waals surface area contributed by atoms with Gasteiger partial charge in [0.2, 0.25) is 0 Å². The highest BCUT2D eigenvalue weighted by Crippen LogP contribution is 2.33. The van der Waals surface area contributed by atoms with Gasteiger partial charge >= 0.3 is 0 Å². The minimum atomic E-state index is -0.127. The largest absolute Gasteiger partial charge is 0.504 e. The quantitative estimate of drug-likeness (QED) is 0.687. The lowest BCUT2D eigenvalue weighted by molar-refractivity contribution is 0.0807. The van der Waals surface area contributed by atoms with Gasteiger partial charge < -0.3 is 14.6 Å². The highest BCUT2D eigenvalue weighted by Gasteiger charge is 2.29. The van der Waals surface area contributed by atoms with E-state index in [0.29, 0.717) is 41.8 Å². The molecule has 28 heavy (non-hydrogen) atoms. The van der Waals surface area contributed by atoms with Crippen molar-refractivity contribution in [1.29, 1.82) is 0 Å². The minimum Gasteiger partial charge on any atom is -0.504 e. The second kappa shape index (κ2) is 9.30. The van der Waals surface area contributed by atoms with Crippen LogP contribution < -0.4 is 9.47 Å². The van der Waals surface area contributed by atoms with Crippen molar-refractivity contribution in [3.05, 3.63) is 52.5 Å². The predicted molar refractivity (Wildman–Crippen MR) is 110 cm³/mol. The van der Waals surface area contributed by atoms with Crippen LogP contribution in [0, 0.1) is 5.92 Å². The summed E-state index contributed by atoms with van der Waals surface area (Å²) in [5, 5.41) is 11.0. The Bertz CT molecular complexity index is 839. The van der Waals surface area contributed by atoms with Crippen LogP contribution in [0.2, 0.25) is 5.02 Å². The van der Waals surface area contributed by atoms with Gasteiger partial charge in [-0.2, -0.15) is 0 Å². The molecule has 3 rings (SSSR count). The Hall–Kier alpha value is -2.24. The minimum absolute atomic E-state index is 0.0522. The molecule has 1 heterocycles. The van der Waals surface area contributed by atoms with Crippen molar-refractivity contribution in [2.75, 3.05) is 26.8 Å². The zero-order valence-electron chi connectivity index (χ0n) is 16.3. The van der Waals surface area contributed by atoms with Crippen molar-refractivity contribution in [2.45, 2.75) is 26.3 Å². The fraction of sp³-hybridized carbons (Fsp3) is 0.409. The molecule has 1 fully saturated rings. The topological polar surface area (TPSA) is 59.0 Å². The Kier molecular flexibility index (Phi) is 6.81. The van der Waals surface area contributed by atoms with Crippen molar-refractivity contribution in [3.63, 3.8) is 0 Å². The van der Waals surface area contributed by atoms with Crippen LogP contribution in [-0.4, -0.2) is 42.6 Å². The normalized spacial score (nSPS) is 17.3. The van der Waals surface area contributed by atoms with Gasteiger partial charge in [-0.3, -0.25) is 9.69 Å². The molecular formula is C22H26ClNO4. The van der Waals surface area contributed by atoms with Crippen molar-refractivity contribution in [2.24, 2.45) is 5.92 Å². The van der Waals surface area contributed by atoms with Gasteiger partial charge in [0.15, 0.2) is 17.3 Å². The first kappa shape index (κ1) is 20.5. The molecule has 0 saturated carbocycles. The molecule has 0 aliphatic carbocycles. The van der Waals surface area contributed by atoms with Gasteiger partial charge in [-0.15, -0.1) is 0 Å². The zero-order valence-corrected chi connectivity index (χ0v) is 17.0. The van der Waals surface area contributed by atoms with Crippen LogP contribution in [0.3, 0.4) is 0 Å². The summed E-state index contributed by atoms with van der Waals surface area (Å²) in [4.78, 5) is 15.3. The smallest absolute Gasteiger partial charge is 0.170 e. The summed E-state index contributed by atoms with van der Waals surface area (Å²) in [6.45, 7) is 4.47. The molecule has 1 aliphatic rings. The molecule has 150 valence electrons. The first-order chi connectivity index (χ1) is 13.5. The van der Waals surface area contributed by atoms with Gasteiger partial charge in [0, 0.05) is 29.6 Å². The summed E-state index contributed by atoms with van der Waals surface area (Å²) in [6, 6.07) is 10.7. The first-order valence-electron chi connectivity index (χ1n) is 9.57. The van der Waals surface area contributed by atoms with E-state index in [-0.39, 0.29) is 17.5 Å². The maximum Gasteiger partial charge on any atom is 0.170 e. The van der Waals surface area contributed by atoms with E-state index in [9.17, 15) is 9.90 Å². The van der Waals surface area contributed by atoms with Crippen molar-refractivity contribution < 1.29 is 19.4 Å². The Morgan fingerprint density at radius 2 is 2.11 bits per heavy atom. The summed E-state index contributed by atoms with van der Waals surface area (Å²) in [5.41, 5.74) is 1.34. The van der Waals surface area contributed by atoms with Crippen LogP contribution in [0.25, 0.3) is 0 Å². The third-order valence-corrected chi connectivity index (χ3v) is 5.31. The Balaban J connectivity index is 1.74. The molecule has 2 aromatic rings. The maximum atomic E-state index is 13.1. The number of para-hydroxylation sites is 1. The molecule has 0 spiro atoms. The number of nitrogens with zero attached hydrogens (tertiary/aromatic N) is 1. The predicted octanol–water partition coefficient (Wildman–Crippen LogP) is 4.55. The second-order valence-electron chi connectivity index (χ2n) is 6.98. The highest BCUT2D eigenvalue weighted by atomic mass is 35.5. The second-order valence-corrected chi connectivity index (χ2v) is 7.42. The van der Waals surface area contributed by atoms with E-state index >= 15 is 0 Å². The molecule has 0 aromatic heterocycles. The van der Waals surface area contributed by atoms with Crippen molar-refractivity contribution >= 4 is 17.4 Å². The van der Waals surface area contributed by atoms with E-state index in [4.69, 9.17) is 21.1 Å². The average Bonchev–Trinajstić information content (AvgIpc) is 2.71. The van der Waals surface area contributed by atoms with Gasteiger partial charge in [0.25, 0.3) is 0 Å². The van der Waals surface area contributed by atoms with Crippen molar-refractivity contribution in [3.8, 4) is 17.2 Å². The zero-order chi connectivity index (χ0) is 20.1. The van der Waals surface area contributed by atoms with Crippen LogP contribution >= 0.6 is 11.6 Å². The Labute approximate surface area is 170 Å². The van der Waals surface area contributed by atoms with Gasteiger partial charge in [0.05, 0.1) is 19.3 Å². The molecule has 0 amide bonds. The standard InChI is InChI=1S/C22H26ClNO4/c1-3-28-20-8-4-6-16(22(20)26)14-24-11-5-7-15(13-24)21(25)18-12-17(23)9-10-19(18)27-2/h4,6,8-10,12,15,26H,3,5,7,11,13-14H2,1-2H3/t15-/m0/s1. The van der Waals surface area contributed by atoms with E-state index < -0.39 is 0 Å². The summed E-state index contributed by atoms with van der Waals surface area (Å²) >= 11 is 6.09. The molecule has 1 aliphatic heterocycles. The summed E-state index contributed by atoms with van der Waals surface area (Å²) in [7, 11) is 1.56. The van der Waals surface area contributed by atoms with Crippen LogP contribution in [0.15, 0.2) is 36.4 Å². The molecular weight excluding hydrogens is 378 g/mol. The molecule has 0 radical (unpaired) electrons. The molecule has 1 N–H and O–H groups in total. The number of likely N-dealkylation sites (tertiary alicyclic amines) is 1. The SMILES string of the molecule is CCOc1cccc(CN2CCC[C@H](C(=O)c3cc(Cl)ccc3OC)C2)c1O. The van der Waals surface area contributed by atoms with Crippen LogP contribution in [0.5, 0.6) is 17.2 Å². The average molecular weight is 404 g/mol. The number of rotatable bonds is 7. The number of hydrogen-bond acceptors (Lipinski definition) is 5. The van der Waals surface area contributed by atoms with E-state index in [1.165, 1.54) is 0 Å². The highest BCUT2D eigenvalue weighted by molar-refractivity contribution is 6.31. The molecule has 5 nitrogen and oxygen atoms in total. The Morgan fingerprint density at radius 3 is 2.86 bits per heavy atom. The van der Waals surface area contributed by atoms with E-state index in [2.05, 4.69) is 4.90 Å². The van der Waals surface area contributed by atoms with Crippen LogP contribution in [0.1, 0.15) is 35.7 Å². The number of piperidine rings is 1. The van der Waals surface area contributed by atoms with E-state index in [1.807, 2.05) is 19.1 Å². The summed E-state index contributed by atoms with van der Waals surface area (Å²) < 4.78 is 10.8. The number of benzene rings is 2. The number of ether oxygens (including phenoxy) is 2. The number of ketones is 1. The monoisotopic (exact) mass is 403 g/mol. The van der Waals surface area contributed by atoms with Crippen molar-refractivity contribution in [1.82, 2.24) is 4.90 Å². The number of Topliss-reactive ketones (excluding diaryl/α,β-unsaturated/α-hetero) is 1. The number of carbonyl (C=O) groups excluding carboxylic acids is 1. The lowest BCUT2D eigenvalue weighted by atomic mass is 9.89. The van der Waals surface area contributed by atoms with Crippen LogP contribution in [-0.2, 0) is 6.54 Å². The van der Waals surface area contributed by atoms with Crippen LogP contribution in [0.4, 0.5) is 0 Å². The fourth-order valence-electron chi connectivity index (χ4n) is 3.71. The maximum absolute atomic E-state index is 13.1. The lowest BCUT2D eigenvalue weighted by Crippen LogP contribution is -2.38. The summed E-state index contributed by atoms with van der Waals surface area (Å²) in [6.07, 6.45) is 1.75. The molecule has 1 saturated heterocycles. The lowest BCUT2D eigenvalue weighted by Gasteiger charge is -2.32. The third kappa shape index (κ3) is 4.59. The van der Waals surface area contributed by atoms with Gasteiger partial charge in [-0.05, 0) is 50.6 Å². The number of halogens is 1. The molecule has 0 bridgehead atoms. The molecule has 0 unspecified atom stereocenters. The van der Waals surface area contributed by atoms with Gasteiger partial charge in [-0.25, -0.2) is 0 Å². The number of phenols is 1. The fourth-order valence-corrected chi connectivity index (χ4v) is 3.89. The number of phenolic OH excluding ortho intramolecular Hbond substituents is 1. The molecule has 6 heteroatoms. The molecule has 1 atom stereocenters. The van der Waals surface area contributed by atoms with E-state index in [0.717, 1.165) is 24.9 Å². The molecule has 2 aromatic carbocycles. The number of aromatic hydroxyl groups is 1. The first-order valence-corrected chi connectivity index (χ1v) is 9.95. The van der Waals surface area contributed by atoms with Gasteiger partial charge in [0.1, 0.15) is 5.75 Å². The Morgan fingerprint density at radius 1 is 1.29 bits per heavy atom. The van der Waals surface area contributed by atoms with E-state index in [1.54, 1.807) is 31.4 Å². The number of carbonyl (C=O) groups is 1. The third-order valence-electron chi connectivity index (χ3n) is 5.08. The van der Waals surface area contributed by atoms with Gasteiger partial charge in [-0.1, -0.05) is 23.7 Å².